The molecule has 0 heterocycles. The second-order valence-corrected chi connectivity index (χ2v) is 2.11. The van der Waals surface area contributed by atoms with E-state index in [9.17, 15) is 0 Å². The largest absolute Gasteiger partial charge is 0.470 e. The SMILES string of the molecule is CCCC(=NCC)[N-]CC.[CH3-].[CH3-].[Y]. The van der Waals surface area contributed by atoms with Gasteiger partial charge in [0.25, 0.3) is 0 Å². The molecule has 0 N–H and O–H groups in total. The molecule has 0 saturated carbocycles. The van der Waals surface area contributed by atoms with Crippen LogP contribution in [-0.4, -0.2) is 18.9 Å². The maximum absolute atomic E-state index is 4.25. The van der Waals surface area contributed by atoms with Crippen molar-refractivity contribution >= 4 is 5.84 Å². The summed E-state index contributed by atoms with van der Waals surface area (Å²) in [5.74, 6) is 1.03. The topological polar surface area (TPSA) is 26.5 Å². The predicted molar refractivity (Wildman–Crippen MR) is 59.6 cm³/mol. The summed E-state index contributed by atoms with van der Waals surface area (Å²) in [5, 5.41) is 4.25. The number of rotatable bonds is 4. The van der Waals surface area contributed by atoms with Gasteiger partial charge in [0, 0.05) is 32.7 Å². The minimum Gasteiger partial charge on any atom is -0.470 e. The molecule has 2 nitrogen and oxygen atoms in total. The van der Waals surface area contributed by atoms with Crippen molar-refractivity contribution in [2.75, 3.05) is 13.1 Å². The van der Waals surface area contributed by atoms with Crippen LogP contribution < -0.4 is 0 Å². The molecule has 0 atom stereocenters. The van der Waals surface area contributed by atoms with Gasteiger partial charge in [0.15, 0.2) is 0 Å². The van der Waals surface area contributed by atoms with E-state index in [4.69, 9.17) is 0 Å². The van der Waals surface area contributed by atoms with Gasteiger partial charge in [0.2, 0.25) is 0 Å². The summed E-state index contributed by atoms with van der Waals surface area (Å²) in [5.41, 5.74) is 0. The Hall–Kier alpha value is 0.574. The first-order valence-electron chi connectivity index (χ1n) is 4.05. The Bertz CT molecular complexity index is 95.1. The number of nitrogens with zero attached hydrogens (tertiary/aromatic N) is 2. The molecule has 0 rings (SSSR count). The summed E-state index contributed by atoms with van der Waals surface area (Å²) in [6.07, 6.45) is 2.17. The van der Waals surface area contributed by atoms with E-state index in [1.807, 2.05) is 13.8 Å². The van der Waals surface area contributed by atoms with Crippen molar-refractivity contribution in [1.82, 2.24) is 0 Å². The number of hydrogen-bond donors (Lipinski definition) is 0. The van der Waals surface area contributed by atoms with Gasteiger partial charge in [-0.15, -0.1) is 0 Å². The molecule has 0 aromatic carbocycles. The number of amidine groups is 1. The van der Waals surface area contributed by atoms with E-state index in [2.05, 4.69) is 17.2 Å². The van der Waals surface area contributed by atoms with E-state index in [1.165, 1.54) is 0 Å². The molecule has 0 unspecified atom stereocenters. The molecular weight excluding hydrogens is 237 g/mol. The minimum absolute atomic E-state index is 0. The molecule has 0 amide bonds. The molecule has 1 radical (unpaired) electrons. The van der Waals surface area contributed by atoms with E-state index in [0.717, 1.165) is 31.8 Å². The van der Waals surface area contributed by atoms with Crippen molar-refractivity contribution in [3.05, 3.63) is 20.2 Å². The fraction of sp³-hybridized carbons (Fsp3) is 0.700. The van der Waals surface area contributed by atoms with E-state index >= 15 is 0 Å². The number of aliphatic imine (C=N–C) groups is 1. The zero-order chi connectivity index (χ0) is 7.82. The van der Waals surface area contributed by atoms with Crippen LogP contribution in [0.1, 0.15) is 33.6 Å². The van der Waals surface area contributed by atoms with Gasteiger partial charge in [-0.2, -0.15) is 0 Å². The van der Waals surface area contributed by atoms with Gasteiger partial charge in [-0.05, 0) is 6.42 Å². The van der Waals surface area contributed by atoms with Gasteiger partial charge in [-0.3, -0.25) is 0 Å². The fourth-order valence-corrected chi connectivity index (χ4v) is 0.797. The third-order valence-corrected chi connectivity index (χ3v) is 1.15. The van der Waals surface area contributed by atoms with Crippen molar-refractivity contribution in [3.63, 3.8) is 0 Å². The summed E-state index contributed by atoms with van der Waals surface area (Å²) in [4.78, 5) is 4.25. The summed E-state index contributed by atoms with van der Waals surface area (Å²) in [6, 6.07) is 0. The fourth-order valence-electron chi connectivity index (χ4n) is 0.797. The minimum atomic E-state index is 0. The van der Waals surface area contributed by atoms with Crippen LogP contribution in [0.15, 0.2) is 4.99 Å². The average molecular weight is 260 g/mol. The van der Waals surface area contributed by atoms with Gasteiger partial charge >= 0.3 is 0 Å². The molecule has 0 aliphatic carbocycles. The third kappa shape index (κ3) is 15.3. The third-order valence-electron chi connectivity index (χ3n) is 1.15. The van der Waals surface area contributed by atoms with Crippen LogP contribution in [0.5, 0.6) is 0 Å². The van der Waals surface area contributed by atoms with Crippen LogP contribution in [0.2, 0.25) is 0 Å². The van der Waals surface area contributed by atoms with E-state index in [1.54, 1.807) is 0 Å². The molecule has 3 heteroatoms. The van der Waals surface area contributed by atoms with Crippen LogP contribution in [0.4, 0.5) is 0 Å². The van der Waals surface area contributed by atoms with Crippen LogP contribution in [0.25, 0.3) is 5.32 Å². The molecule has 13 heavy (non-hydrogen) atoms. The van der Waals surface area contributed by atoms with Crippen LogP contribution in [0, 0.1) is 14.9 Å². The van der Waals surface area contributed by atoms with Crippen molar-refractivity contribution in [2.45, 2.75) is 33.6 Å². The molecule has 0 bridgehead atoms. The van der Waals surface area contributed by atoms with Gasteiger partial charge in [-0.25, -0.2) is 0 Å². The zero-order valence-electron chi connectivity index (χ0n) is 9.80. The Kier molecular flexibility index (Phi) is 33.1. The molecule has 0 aliphatic heterocycles. The molecular formula is C10H23N2Y-3. The quantitative estimate of drug-likeness (QED) is 0.420. The summed E-state index contributed by atoms with van der Waals surface area (Å²) >= 11 is 0. The van der Waals surface area contributed by atoms with Gasteiger partial charge in [0.05, 0.1) is 0 Å². The summed E-state index contributed by atoms with van der Waals surface area (Å²) in [7, 11) is 0. The zero-order valence-corrected chi connectivity index (χ0v) is 12.6. The van der Waals surface area contributed by atoms with Crippen molar-refractivity contribution in [3.8, 4) is 0 Å². The van der Waals surface area contributed by atoms with Crippen LogP contribution in [0.3, 0.4) is 0 Å². The van der Waals surface area contributed by atoms with E-state index in [-0.39, 0.29) is 47.6 Å². The maximum atomic E-state index is 4.25. The molecule has 0 aliphatic rings. The average Bonchev–Trinajstić information content (AvgIpc) is 1.90. The Morgan fingerprint density at radius 2 is 1.69 bits per heavy atom. The molecule has 0 saturated heterocycles. The van der Waals surface area contributed by atoms with Crippen LogP contribution in [-0.2, 0) is 32.7 Å². The first kappa shape index (κ1) is 23.4. The predicted octanol–water partition coefficient (Wildman–Crippen LogP) is 3.50. The first-order chi connectivity index (χ1) is 4.85. The molecule has 0 aromatic heterocycles. The van der Waals surface area contributed by atoms with Crippen molar-refractivity contribution in [1.29, 1.82) is 0 Å². The molecule has 0 fully saturated rings. The van der Waals surface area contributed by atoms with Gasteiger partial charge in [-0.1, -0.05) is 46.1 Å². The van der Waals surface area contributed by atoms with Gasteiger partial charge in [0.1, 0.15) is 0 Å². The Morgan fingerprint density at radius 3 is 2.00 bits per heavy atom. The maximum Gasteiger partial charge on any atom is 0 e. The summed E-state index contributed by atoms with van der Waals surface area (Å²) < 4.78 is 0. The van der Waals surface area contributed by atoms with Gasteiger partial charge < -0.3 is 25.2 Å². The van der Waals surface area contributed by atoms with Crippen molar-refractivity contribution in [2.24, 2.45) is 4.99 Å². The Morgan fingerprint density at radius 1 is 1.15 bits per heavy atom. The second kappa shape index (κ2) is 18.4. The molecule has 0 spiro atoms. The van der Waals surface area contributed by atoms with E-state index < -0.39 is 0 Å². The monoisotopic (exact) mass is 260 g/mol. The normalized spacial score (nSPS) is 9.00. The van der Waals surface area contributed by atoms with Crippen LogP contribution >= 0.6 is 0 Å². The molecule has 0 aromatic rings. The Labute approximate surface area is 110 Å². The number of hydrogen-bond acceptors (Lipinski definition) is 1. The van der Waals surface area contributed by atoms with E-state index in [0.29, 0.717) is 0 Å². The Balaban J connectivity index is -0.000000135. The smallest absolute Gasteiger partial charge is 0 e. The first-order valence-corrected chi connectivity index (χ1v) is 4.05. The standard InChI is InChI=1S/C8H17N2.2CH3.Y/c1-4-7-8(9-5-2)10-6-3;;;/h4-7H2,1-3H3;2*1H3;/q3*-1;. The summed E-state index contributed by atoms with van der Waals surface area (Å²) in [6.45, 7) is 7.95. The molecule has 79 valence electrons. The second-order valence-electron chi connectivity index (χ2n) is 2.11. The van der Waals surface area contributed by atoms with Crippen molar-refractivity contribution < 1.29 is 32.7 Å².